The summed E-state index contributed by atoms with van der Waals surface area (Å²) in [6, 6.07) is 0. The minimum absolute atomic E-state index is 0.130. The van der Waals surface area contributed by atoms with Crippen molar-refractivity contribution in [1.29, 1.82) is 0 Å². The molecule has 1 atom stereocenters. The van der Waals surface area contributed by atoms with Gasteiger partial charge in [-0.25, -0.2) is 0 Å². The predicted octanol–water partition coefficient (Wildman–Crippen LogP) is 1.72. The normalized spacial score (nSPS) is 17.2. The number of carbonyl (C=O) groups excluding carboxylic acids is 1. The second-order valence-electron chi connectivity index (χ2n) is 2.68. The molecule has 0 aliphatic heterocycles. The lowest BCUT2D eigenvalue weighted by Gasteiger charge is -1.93. The lowest BCUT2D eigenvalue weighted by atomic mass is 10.2. The average Bonchev–Trinajstić information content (AvgIpc) is 2.81. The molecule has 0 saturated heterocycles. The number of ether oxygens (including phenoxy) is 1. The molecule has 1 fully saturated rings. The predicted molar refractivity (Wildman–Crippen MR) is 42.8 cm³/mol. The Hall–Kier alpha value is -0.790. The molecule has 2 heteroatoms. The van der Waals surface area contributed by atoms with Gasteiger partial charge in [0.25, 0.3) is 0 Å². The molecule has 1 rings (SSSR count). The zero-order chi connectivity index (χ0) is 8.10. The van der Waals surface area contributed by atoms with E-state index in [1.807, 2.05) is 6.08 Å². The molecule has 1 aliphatic rings. The monoisotopic (exact) mass is 153 g/mol. The number of rotatable bonds is 4. The molecule has 0 N–H and O–H groups in total. The van der Waals surface area contributed by atoms with Crippen molar-refractivity contribution in [3.8, 4) is 0 Å². The molecule has 1 saturated carbocycles. The molecule has 0 heterocycles. The van der Waals surface area contributed by atoms with E-state index < -0.39 is 0 Å². The van der Waals surface area contributed by atoms with Gasteiger partial charge in [0.2, 0.25) is 0 Å². The first-order chi connectivity index (χ1) is 5.33. The second-order valence-corrected chi connectivity index (χ2v) is 2.68. The van der Waals surface area contributed by atoms with Crippen LogP contribution in [0.15, 0.2) is 12.2 Å². The molecule has 1 aliphatic carbocycles. The first-order valence-electron chi connectivity index (χ1n) is 3.89. The molecule has 0 aromatic rings. The molecular weight excluding hydrogens is 140 g/mol. The maximum absolute atomic E-state index is 10.6. The third-order valence-corrected chi connectivity index (χ3v) is 1.63. The van der Waals surface area contributed by atoms with Gasteiger partial charge in [-0.05, 0) is 25.2 Å². The van der Waals surface area contributed by atoms with Crippen LogP contribution in [0.25, 0.3) is 0 Å². The highest BCUT2D eigenvalue weighted by molar-refractivity contribution is 5.69. The van der Waals surface area contributed by atoms with Gasteiger partial charge >= 0.3 is 5.97 Å². The van der Waals surface area contributed by atoms with Crippen molar-refractivity contribution < 1.29 is 9.53 Å². The number of hydrogen-bond acceptors (Lipinski definition) is 2. The first-order valence-corrected chi connectivity index (χ1v) is 3.89. The summed E-state index contributed by atoms with van der Waals surface area (Å²) in [7, 11) is 1.42. The van der Waals surface area contributed by atoms with Crippen LogP contribution in [0.1, 0.15) is 19.3 Å². The summed E-state index contributed by atoms with van der Waals surface area (Å²) in [6.07, 6.45) is 8.92. The minimum Gasteiger partial charge on any atom is -0.469 e. The van der Waals surface area contributed by atoms with Crippen LogP contribution in [0.3, 0.4) is 0 Å². The van der Waals surface area contributed by atoms with E-state index in [9.17, 15) is 4.79 Å². The SMILES string of the molecule is COC(=O)CCC=CC1[CH]C1. The van der Waals surface area contributed by atoms with Gasteiger partial charge in [-0.1, -0.05) is 12.2 Å². The van der Waals surface area contributed by atoms with E-state index in [-0.39, 0.29) is 5.97 Å². The summed E-state index contributed by atoms with van der Waals surface area (Å²) in [6.45, 7) is 0. The number of allylic oxidation sites excluding steroid dienone is 2. The molecule has 2 nitrogen and oxygen atoms in total. The largest absolute Gasteiger partial charge is 0.469 e. The Bertz CT molecular complexity index is 157. The third-order valence-electron chi connectivity index (χ3n) is 1.63. The van der Waals surface area contributed by atoms with Crippen molar-refractivity contribution >= 4 is 5.97 Å². The maximum atomic E-state index is 10.6. The van der Waals surface area contributed by atoms with Crippen LogP contribution in [0.2, 0.25) is 0 Å². The van der Waals surface area contributed by atoms with Crippen LogP contribution in [0.5, 0.6) is 0 Å². The van der Waals surface area contributed by atoms with Gasteiger partial charge in [-0.15, -0.1) is 0 Å². The molecule has 11 heavy (non-hydrogen) atoms. The summed E-state index contributed by atoms with van der Waals surface area (Å²) in [5.74, 6) is 0.557. The van der Waals surface area contributed by atoms with Crippen molar-refractivity contribution in [3.63, 3.8) is 0 Å². The average molecular weight is 153 g/mol. The summed E-state index contributed by atoms with van der Waals surface area (Å²) >= 11 is 0. The van der Waals surface area contributed by atoms with Crippen molar-refractivity contribution in [1.82, 2.24) is 0 Å². The van der Waals surface area contributed by atoms with Crippen LogP contribution in [-0.2, 0) is 9.53 Å². The van der Waals surface area contributed by atoms with Gasteiger partial charge in [-0.3, -0.25) is 4.79 Å². The summed E-state index contributed by atoms with van der Waals surface area (Å²) in [5, 5.41) is 0. The van der Waals surface area contributed by atoms with E-state index >= 15 is 0 Å². The van der Waals surface area contributed by atoms with Gasteiger partial charge in [0.1, 0.15) is 0 Å². The van der Waals surface area contributed by atoms with Crippen LogP contribution < -0.4 is 0 Å². The molecule has 0 bridgehead atoms. The Labute approximate surface area is 67.2 Å². The highest BCUT2D eigenvalue weighted by Gasteiger charge is 2.17. The van der Waals surface area contributed by atoms with E-state index in [2.05, 4.69) is 17.2 Å². The van der Waals surface area contributed by atoms with Gasteiger partial charge in [0.05, 0.1) is 7.11 Å². The molecule has 1 unspecified atom stereocenters. The fraction of sp³-hybridized carbons (Fsp3) is 0.556. The van der Waals surface area contributed by atoms with Crippen LogP contribution in [-0.4, -0.2) is 13.1 Å². The van der Waals surface area contributed by atoms with E-state index in [0.29, 0.717) is 12.3 Å². The summed E-state index contributed by atoms with van der Waals surface area (Å²) in [5.41, 5.74) is 0. The lowest BCUT2D eigenvalue weighted by Crippen LogP contribution is -1.97. The van der Waals surface area contributed by atoms with Crippen LogP contribution in [0, 0.1) is 12.3 Å². The molecule has 0 aromatic heterocycles. The number of methoxy groups -OCH3 is 1. The Morgan fingerprint density at radius 1 is 1.82 bits per heavy atom. The third kappa shape index (κ3) is 3.81. The number of hydrogen-bond donors (Lipinski definition) is 0. The number of carbonyl (C=O) groups is 1. The van der Waals surface area contributed by atoms with Crippen molar-refractivity contribution in [2.45, 2.75) is 19.3 Å². The molecule has 0 spiro atoms. The van der Waals surface area contributed by atoms with Gasteiger partial charge in [0, 0.05) is 6.42 Å². The first kappa shape index (κ1) is 8.31. The van der Waals surface area contributed by atoms with E-state index in [4.69, 9.17) is 0 Å². The highest BCUT2D eigenvalue weighted by Crippen LogP contribution is 2.28. The minimum atomic E-state index is -0.130. The van der Waals surface area contributed by atoms with Crippen molar-refractivity contribution in [2.24, 2.45) is 5.92 Å². The Morgan fingerprint density at radius 2 is 2.55 bits per heavy atom. The van der Waals surface area contributed by atoms with Crippen molar-refractivity contribution in [3.05, 3.63) is 18.6 Å². The van der Waals surface area contributed by atoms with E-state index in [1.54, 1.807) is 0 Å². The zero-order valence-corrected chi connectivity index (χ0v) is 6.75. The molecule has 1 radical (unpaired) electrons. The Morgan fingerprint density at radius 3 is 3.09 bits per heavy atom. The Balaban J connectivity index is 1.98. The van der Waals surface area contributed by atoms with Gasteiger partial charge in [-0.2, -0.15) is 0 Å². The van der Waals surface area contributed by atoms with Gasteiger partial charge in [0.15, 0.2) is 0 Å². The molecular formula is C9H13O2. The van der Waals surface area contributed by atoms with Crippen LogP contribution >= 0.6 is 0 Å². The van der Waals surface area contributed by atoms with Crippen LogP contribution in [0.4, 0.5) is 0 Å². The summed E-state index contributed by atoms with van der Waals surface area (Å²) < 4.78 is 4.49. The second kappa shape index (κ2) is 4.16. The quantitative estimate of drug-likeness (QED) is 0.454. The molecule has 0 aromatic carbocycles. The smallest absolute Gasteiger partial charge is 0.305 e. The summed E-state index contributed by atoms with van der Waals surface area (Å²) in [4.78, 5) is 10.6. The highest BCUT2D eigenvalue weighted by atomic mass is 16.5. The maximum Gasteiger partial charge on any atom is 0.305 e. The standard InChI is InChI=1S/C9H13O2/c1-11-9(10)5-3-2-4-8-6-7-8/h2,4,6,8H,3,5,7H2,1H3. The number of esters is 1. The molecule has 0 amide bonds. The lowest BCUT2D eigenvalue weighted by molar-refractivity contribution is -0.140. The zero-order valence-electron chi connectivity index (χ0n) is 6.75. The topological polar surface area (TPSA) is 26.3 Å². The Kier molecular flexibility index (Phi) is 3.14. The van der Waals surface area contributed by atoms with Crippen molar-refractivity contribution in [2.75, 3.05) is 7.11 Å². The van der Waals surface area contributed by atoms with E-state index in [1.165, 1.54) is 13.5 Å². The van der Waals surface area contributed by atoms with E-state index in [0.717, 1.165) is 6.42 Å². The molecule has 61 valence electrons. The fourth-order valence-electron chi connectivity index (χ4n) is 0.810. The fourth-order valence-corrected chi connectivity index (χ4v) is 0.810. The van der Waals surface area contributed by atoms with Gasteiger partial charge < -0.3 is 4.74 Å².